The summed E-state index contributed by atoms with van der Waals surface area (Å²) in [5.74, 6) is 0.949. The van der Waals surface area contributed by atoms with Crippen LogP contribution in [0, 0.1) is 5.92 Å². The number of carbonyl (C=O) groups is 1. The Morgan fingerprint density at radius 2 is 2.44 bits per heavy atom. The van der Waals surface area contributed by atoms with Crippen molar-refractivity contribution in [3.63, 3.8) is 0 Å². The second-order valence-electron chi connectivity index (χ2n) is 3.80. The molecule has 1 aromatic heterocycles. The Kier molecular flexibility index (Phi) is 5.87. The van der Waals surface area contributed by atoms with E-state index in [-0.39, 0.29) is 0 Å². The van der Waals surface area contributed by atoms with E-state index in [1.807, 2.05) is 11.8 Å². The molecule has 16 heavy (non-hydrogen) atoms. The number of nitrogens with one attached hydrogen (secondary N) is 1. The molecule has 2 N–H and O–H groups in total. The molecule has 0 saturated heterocycles. The predicted molar refractivity (Wildman–Crippen MR) is 70.5 cm³/mol. The van der Waals surface area contributed by atoms with Gasteiger partial charge in [-0.2, -0.15) is 11.8 Å². The zero-order chi connectivity index (χ0) is 12.0. The summed E-state index contributed by atoms with van der Waals surface area (Å²) in [6.07, 6.45) is 2.11. The fourth-order valence-corrected chi connectivity index (χ4v) is 2.89. The lowest BCUT2D eigenvalue weighted by atomic mass is 10.2. The molecule has 0 bridgehead atoms. The van der Waals surface area contributed by atoms with Crippen molar-refractivity contribution in [2.24, 2.45) is 5.92 Å². The second kappa shape index (κ2) is 6.93. The first-order valence-electron chi connectivity index (χ1n) is 5.14. The van der Waals surface area contributed by atoms with Crippen LogP contribution in [0.15, 0.2) is 11.4 Å². The average molecular weight is 259 g/mol. The van der Waals surface area contributed by atoms with Gasteiger partial charge < -0.3 is 10.4 Å². The Morgan fingerprint density at radius 1 is 1.69 bits per heavy atom. The fraction of sp³-hybridized carbons (Fsp3) is 0.545. The van der Waals surface area contributed by atoms with Gasteiger partial charge in [0.2, 0.25) is 0 Å². The van der Waals surface area contributed by atoms with Crippen LogP contribution in [-0.4, -0.2) is 29.6 Å². The van der Waals surface area contributed by atoms with E-state index < -0.39 is 5.97 Å². The van der Waals surface area contributed by atoms with Crippen LogP contribution in [0.4, 0.5) is 0 Å². The number of thiophene rings is 1. The largest absolute Gasteiger partial charge is 0.478 e. The maximum absolute atomic E-state index is 10.7. The molecule has 1 atom stereocenters. The molecule has 0 aliphatic heterocycles. The Bertz CT molecular complexity index is 338. The van der Waals surface area contributed by atoms with Gasteiger partial charge in [0.1, 0.15) is 0 Å². The van der Waals surface area contributed by atoms with E-state index in [2.05, 4.69) is 18.5 Å². The third-order valence-electron chi connectivity index (χ3n) is 2.14. The molecule has 0 aliphatic rings. The molecule has 1 unspecified atom stereocenters. The molecule has 0 fully saturated rings. The molecule has 5 heteroatoms. The lowest BCUT2D eigenvalue weighted by molar-refractivity contribution is 0.0697. The molecule has 0 spiro atoms. The minimum absolute atomic E-state index is 0.388. The van der Waals surface area contributed by atoms with Crippen molar-refractivity contribution in [2.75, 3.05) is 18.6 Å². The van der Waals surface area contributed by atoms with Gasteiger partial charge in [0.15, 0.2) is 0 Å². The number of hydrogen-bond acceptors (Lipinski definition) is 4. The molecule has 1 aromatic rings. The maximum atomic E-state index is 10.7. The first-order valence-corrected chi connectivity index (χ1v) is 7.41. The lowest BCUT2D eigenvalue weighted by Gasteiger charge is -2.09. The van der Waals surface area contributed by atoms with Crippen LogP contribution in [0.25, 0.3) is 0 Å². The number of carboxylic acids is 1. The van der Waals surface area contributed by atoms with Crippen molar-refractivity contribution in [2.45, 2.75) is 13.5 Å². The number of carboxylic acid groups (broad SMARTS) is 1. The zero-order valence-corrected chi connectivity index (χ0v) is 11.2. The molecule has 0 aromatic carbocycles. The molecule has 1 heterocycles. The Labute approximate surface area is 104 Å². The zero-order valence-electron chi connectivity index (χ0n) is 9.53. The van der Waals surface area contributed by atoms with Gasteiger partial charge in [-0.05, 0) is 30.5 Å². The monoisotopic (exact) mass is 259 g/mol. The van der Waals surface area contributed by atoms with Gasteiger partial charge in [0.05, 0.1) is 5.56 Å². The van der Waals surface area contributed by atoms with E-state index in [0.29, 0.717) is 11.5 Å². The molecule has 1 rings (SSSR count). The van der Waals surface area contributed by atoms with E-state index in [1.54, 1.807) is 11.4 Å². The van der Waals surface area contributed by atoms with Gasteiger partial charge in [-0.1, -0.05) is 6.92 Å². The van der Waals surface area contributed by atoms with Crippen LogP contribution in [0.3, 0.4) is 0 Å². The lowest BCUT2D eigenvalue weighted by Crippen LogP contribution is -2.21. The first-order chi connectivity index (χ1) is 7.63. The van der Waals surface area contributed by atoms with E-state index in [0.717, 1.165) is 23.7 Å². The van der Waals surface area contributed by atoms with Gasteiger partial charge in [-0.15, -0.1) is 11.3 Å². The van der Waals surface area contributed by atoms with E-state index in [1.165, 1.54) is 11.3 Å². The minimum atomic E-state index is -0.849. The standard InChI is InChI=1S/C11H17NO2S2/c1-8(6-15-2)4-12-5-10-3-9(7-16-10)11(13)14/h3,7-8,12H,4-6H2,1-2H3,(H,13,14). The number of hydrogen-bond donors (Lipinski definition) is 2. The summed E-state index contributed by atoms with van der Waals surface area (Å²) in [7, 11) is 0. The summed E-state index contributed by atoms with van der Waals surface area (Å²) in [5.41, 5.74) is 0.388. The van der Waals surface area contributed by atoms with Gasteiger partial charge in [-0.3, -0.25) is 0 Å². The SMILES string of the molecule is CSCC(C)CNCc1cc(C(=O)O)cs1. The van der Waals surface area contributed by atoms with Crippen LogP contribution in [-0.2, 0) is 6.54 Å². The summed E-state index contributed by atoms with van der Waals surface area (Å²) in [4.78, 5) is 11.7. The summed E-state index contributed by atoms with van der Waals surface area (Å²) >= 11 is 3.34. The van der Waals surface area contributed by atoms with Gasteiger partial charge >= 0.3 is 5.97 Å². The van der Waals surface area contributed by atoms with Gasteiger partial charge in [0, 0.05) is 16.8 Å². The van der Waals surface area contributed by atoms with Crippen molar-refractivity contribution in [3.05, 3.63) is 21.9 Å². The highest BCUT2D eigenvalue weighted by Crippen LogP contribution is 2.14. The first kappa shape index (κ1) is 13.5. The second-order valence-corrected chi connectivity index (χ2v) is 5.70. The molecule has 0 saturated carbocycles. The van der Waals surface area contributed by atoms with Crippen LogP contribution in [0.5, 0.6) is 0 Å². The number of rotatable bonds is 7. The Hall–Kier alpha value is -0.520. The summed E-state index contributed by atoms with van der Waals surface area (Å²) in [6.45, 7) is 3.94. The van der Waals surface area contributed by atoms with Crippen LogP contribution >= 0.6 is 23.1 Å². The molecule has 3 nitrogen and oxygen atoms in total. The third kappa shape index (κ3) is 4.55. The fourth-order valence-electron chi connectivity index (χ4n) is 1.37. The topological polar surface area (TPSA) is 49.3 Å². The Balaban J connectivity index is 2.29. The minimum Gasteiger partial charge on any atom is -0.478 e. The van der Waals surface area contributed by atoms with E-state index in [4.69, 9.17) is 5.11 Å². The molecule has 90 valence electrons. The van der Waals surface area contributed by atoms with Crippen molar-refractivity contribution in [3.8, 4) is 0 Å². The van der Waals surface area contributed by atoms with E-state index >= 15 is 0 Å². The summed E-state index contributed by atoms with van der Waals surface area (Å²) < 4.78 is 0. The molecule has 0 radical (unpaired) electrons. The van der Waals surface area contributed by atoms with Gasteiger partial charge in [-0.25, -0.2) is 4.79 Å². The molecular weight excluding hydrogens is 242 g/mol. The Morgan fingerprint density at radius 3 is 3.00 bits per heavy atom. The number of aromatic carboxylic acids is 1. The molecule has 0 amide bonds. The van der Waals surface area contributed by atoms with Crippen molar-refractivity contribution in [1.29, 1.82) is 0 Å². The van der Waals surface area contributed by atoms with Crippen LogP contribution in [0.1, 0.15) is 22.2 Å². The summed E-state index contributed by atoms with van der Waals surface area (Å²) in [5, 5.41) is 13.8. The molecule has 0 aliphatic carbocycles. The van der Waals surface area contributed by atoms with E-state index in [9.17, 15) is 4.79 Å². The smallest absolute Gasteiger partial charge is 0.336 e. The third-order valence-corrected chi connectivity index (χ3v) is 3.98. The number of thioether (sulfide) groups is 1. The highest BCUT2D eigenvalue weighted by molar-refractivity contribution is 7.98. The normalized spacial score (nSPS) is 12.6. The maximum Gasteiger partial charge on any atom is 0.336 e. The highest BCUT2D eigenvalue weighted by atomic mass is 32.2. The highest BCUT2D eigenvalue weighted by Gasteiger charge is 2.06. The summed E-state index contributed by atoms with van der Waals surface area (Å²) in [6, 6.07) is 1.74. The average Bonchev–Trinajstić information content (AvgIpc) is 2.67. The van der Waals surface area contributed by atoms with Gasteiger partial charge in [0.25, 0.3) is 0 Å². The van der Waals surface area contributed by atoms with Crippen molar-refractivity contribution >= 4 is 29.1 Å². The van der Waals surface area contributed by atoms with Crippen molar-refractivity contribution in [1.82, 2.24) is 5.32 Å². The van der Waals surface area contributed by atoms with Crippen molar-refractivity contribution < 1.29 is 9.90 Å². The quantitative estimate of drug-likeness (QED) is 0.790. The van der Waals surface area contributed by atoms with Crippen LogP contribution < -0.4 is 5.32 Å². The predicted octanol–water partition coefficient (Wildman–Crippen LogP) is 2.54. The molecular formula is C11H17NO2S2. The van der Waals surface area contributed by atoms with Crippen LogP contribution in [0.2, 0.25) is 0 Å².